The summed E-state index contributed by atoms with van der Waals surface area (Å²) in [7, 11) is 0. The van der Waals surface area contributed by atoms with Crippen LogP contribution in [0.4, 0.5) is 33.5 Å². The zero-order valence-electron chi connectivity index (χ0n) is 17.6. The van der Waals surface area contributed by atoms with Gasteiger partial charge in [-0.05, 0) is 31.2 Å². The number of benzene rings is 1. The highest BCUT2D eigenvalue weighted by Gasteiger charge is 2.15. The quantitative estimate of drug-likeness (QED) is 0.386. The van der Waals surface area contributed by atoms with Crippen LogP contribution in [0.5, 0.6) is 0 Å². The highest BCUT2D eigenvalue weighted by atomic mass is 16.2. The van der Waals surface area contributed by atoms with Gasteiger partial charge in [-0.1, -0.05) is 18.2 Å². The Hall–Kier alpha value is -4.47. The topological polar surface area (TPSA) is 137 Å². The second-order valence-corrected chi connectivity index (χ2v) is 6.66. The van der Waals surface area contributed by atoms with Crippen molar-refractivity contribution in [2.75, 3.05) is 27.8 Å². The Bertz CT molecular complexity index is 1100. The second-order valence-electron chi connectivity index (χ2n) is 6.66. The third-order valence-corrected chi connectivity index (χ3v) is 4.11. The average Bonchev–Trinajstić information content (AvgIpc) is 2.76. The number of anilines is 5. The van der Waals surface area contributed by atoms with Gasteiger partial charge in [0.2, 0.25) is 5.91 Å². The monoisotopic (exact) mass is 433 g/mol. The first-order chi connectivity index (χ1) is 15.4. The molecule has 0 aliphatic heterocycles. The number of rotatable bonds is 7. The molecule has 4 amide bonds. The molecule has 2 heterocycles. The number of urea groups is 1. The summed E-state index contributed by atoms with van der Waals surface area (Å²) in [5.74, 6) is 0.00418. The van der Waals surface area contributed by atoms with Crippen molar-refractivity contribution in [1.29, 1.82) is 0 Å². The fourth-order valence-electron chi connectivity index (χ4n) is 2.73. The predicted molar refractivity (Wildman–Crippen MR) is 123 cm³/mol. The fourth-order valence-corrected chi connectivity index (χ4v) is 2.73. The van der Waals surface area contributed by atoms with Crippen LogP contribution in [0.15, 0.2) is 60.9 Å². The maximum atomic E-state index is 12.9. The van der Waals surface area contributed by atoms with Gasteiger partial charge in [-0.25, -0.2) is 14.8 Å². The molecular weight excluding hydrogens is 410 g/mol. The van der Waals surface area contributed by atoms with Gasteiger partial charge in [0.1, 0.15) is 11.6 Å². The number of amides is 4. The summed E-state index contributed by atoms with van der Waals surface area (Å²) in [5, 5.41) is 13.7. The lowest BCUT2D eigenvalue weighted by Gasteiger charge is -2.14. The summed E-state index contributed by atoms with van der Waals surface area (Å²) in [6.45, 7) is 3.66. The lowest BCUT2D eigenvalue weighted by atomic mass is 10.2. The van der Waals surface area contributed by atoms with Gasteiger partial charge >= 0.3 is 6.03 Å². The third kappa shape index (κ3) is 6.26. The molecule has 0 bridgehead atoms. The fraction of sp³-hybridized carbons (Fsp3) is 0.136. The maximum absolute atomic E-state index is 12.9. The van der Waals surface area contributed by atoms with E-state index in [0.717, 1.165) is 5.69 Å². The van der Waals surface area contributed by atoms with Crippen LogP contribution in [-0.2, 0) is 4.79 Å². The summed E-state index contributed by atoms with van der Waals surface area (Å²) in [6, 6.07) is 13.7. The largest absolute Gasteiger partial charge is 0.355 e. The Kier molecular flexibility index (Phi) is 7.31. The number of carbonyl (C=O) groups is 3. The summed E-state index contributed by atoms with van der Waals surface area (Å²) in [6.07, 6.45) is 2.81. The Morgan fingerprint density at radius 3 is 2.25 bits per heavy atom. The minimum Gasteiger partial charge on any atom is -0.355 e. The standard InChI is InChI=1S/C22H23N7O3/c1-3-23-22(32)29-20-11-18(27-15-7-5-4-6-8-15)17(13-25-20)21(31)28-16-9-10-19(24-12-16)26-14(2)30/h4-13H,3H2,1-2H3,(H,28,31)(H,24,26,30)(H3,23,25,27,29,32). The van der Waals surface area contributed by atoms with Gasteiger partial charge in [0, 0.05) is 31.4 Å². The first-order valence-corrected chi connectivity index (χ1v) is 9.86. The highest BCUT2D eigenvalue weighted by molar-refractivity contribution is 6.08. The second kappa shape index (κ2) is 10.5. The van der Waals surface area contributed by atoms with E-state index in [2.05, 4.69) is 36.6 Å². The van der Waals surface area contributed by atoms with Gasteiger partial charge < -0.3 is 21.3 Å². The number of nitrogens with one attached hydrogen (secondary N) is 5. The molecule has 0 spiro atoms. The summed E-state index contributed by atoms with van der Waals surface area (Å²) < 4.78 is 0. The molecule has 32 heavy (non-hydrogen) atoms. The van der Waals surface area contributed by atoms with Crippen molar-refractivity contribution < 1.29 is 14.4 Å². The lowest BCUT2D eigenvalue weighted by molar-refractivity contribution is -0.114. The molecule has 10 nitrogen and oxygen atoms in total. The molecule has 0 fully saturated rings. The van der Waals surface area contributed by atoms with Crippen molar-refractivity contribution in [1.82, 2.24) is 15.3 Å². The molecule has 1 aromatic carbocycles. The molecule has 0 saturated carbocycles. The number of hydrogen-bond acceptors (Lipinski definition) is 6. The number of pyridine rings is 2. The predicted octanol–water partition coefficient (Wildman–Crippen LogP) is 3.57. The number of nitrogens with zero attached hydrogens (tertiary/aromatic N) is 2. The Balaban J connectivity index is 1.83. The van der Waals surface area contributed by atoms with E-state index in [1.54, 1.807) is 25.1 Å². The van der Waals surface area contributed by atoms with E-state index >= 15 is 0 Å². The molecule has 0 unspecified atom stereocenters. The van der Waals surface area contributed by atoms with Gasteiger partial charge in [-0.3, -0.25) is 14.9 Å². The van der Waals surface area contributed by atoms with Crippen molar-refractivity contribution >= 4 is 46.5 Å². The van der Waals surface area contributed by atoms with Gasteiger partial charge in [-0.2, -0.15) is 0 Å². The van der Waals surface area contributed by atoms with Crippen LogP contribution < -0.4 is 26.6 Å². The summed E-state index contributed by atoms with van der Waals surface area (Å²) in [5.41, 5.74) is 1.93. The van der Waals surface area contributed by atoms with E-state index < -0.39 is 11.9 Å². The summed E-state index contributed by atoms with van der Waals surface area (Å²) in [4.78, 5) is 44.2. The van der Waals surface area contributed by atoms with Gasteiger partial charge in [0.15, 0.2) is 0 Å². The molecule has 0 saturated heterocycles. The molecule has 3 aromatic rings. The molecule has 3 rings (SSSR count). The van der Waals surface area contributed by atoms with Crippen LogP contribution in [0, 0.1) is 0 Å². The summed E-state index contributed by atoms with van der Waals surface area (Å²) >= 11 is 0. The van der Waals surface area contributed by atoms with E-state index in [1.165, 1.54) is 19.3 Å². The first kappa shape index (κ1) is 22.2. The van der Waals surface area contributed by atoms with Gasteiger partial charge in [-0.15, -0.1) is 0 Å². The van der Waals surface area contributed by atoms with E-state index in [9.17, 15) is 14.4 Å². The molecule has 0 atom stereocenters. The van der Waals surface area contributed by atoms with Crippen LogP contribution in [0.2, 0.25) is 0 Å². The Labute approximate surface area is 184 Å². The molecule has 0 aliphatic rings. The SMILES string of the molecule is CCNC(=O)Nc1cc(Nc2ccccc2)c(C(=O)Nc2ccc(NC(C)=O)nc2)cn1. The van der Waals surface area contributed by atoms with Crippen molar-refractivity contribution in [3.8, 4) is 0 Å². The Morgan fingerprint density at radius 2 is 1.59 bits per heavy atom. The van der Waals surface area contributed by atoms with Crippen LogP contribution in [-0.4, -0.2) is 34.4 Å². The number of aromatic nitrogens is 2. The van der Waals surface area contributed by atoms with E-state index in [-0.39, 0.29) is 17.3 Å². The first-order valence-electron chi connectivity index (χ1n) is 9.86. The van der Waals surface area contributed by atoms with Crippen molar-refractivity contribution in [3.05, 3.63) is 66.5 Å². The Morgan fingerprint density at radius 1 is 0.844 bits per heavy atom. The van der Waals surface area contributed by atoms with Crippen molar-refractivity contribution in [3.63, 3.8) is 0 Å². The van der Waals surface area contributed by atoms with Crippen LogP contribution >= 0.6 is 0 Å². The van der Waals surface area contributed by atoms with Gasteiger partial charge in [0.25, 0.3) is 5.91 Å². The number of para-hydroxylation sites is 1. The molecule has 164 valence electrons. The molecule has 2 aromatic heterocycles. The normalized spacial score (nSPS) is 10.1. The molecular formula is C22H23N7O3. The van der Waals surface area contributed by atoms with E-state index in [1.807, 2.05) is 30.3 Å². The zero-order valence-corrected chi connectivity index (χ0v) is 17.6. The molecule has 10 heteroatoms. The lowest BCUT2D eigenvalue weighted by Crippen LogP contribution is -2.28. The van der Waals surface area contributed by atoms with Crippen LogP contribution in [0.25, 0.3) is 0 Å². The minimum atomic E-state index is -0.422. The third-order valence-electron chi connectivity index (χ3n) is 4.11. The van der Waals surface area contributed by atoms with Crippen LogP contribution in [0.1, 0.15) is 24.2 Å². The van der Waals surface area contributed by atoms with E-state index in [4.69, 9.17) is 0 Å². The average molecular weight is 433 g/mol. The maximum Gasteiger partial charge on any atom is 0.320 e. The van der Waals surface area contributed by atoms with Crippen LogP contribution in [0.3, 0.4) is 0 Å². The number of carbonyl (C=O) groups excluding carboxylic acids is 3. The smallest absolute Gasteiger partial charge is 0.320 e. The van der Waals surface area contributed by atoms with Crippen molar-refractivity contribution in [2.45, 2.75) is 13.8 Å². The molecule has 0 radical (unpaired) electrons. The van der Waals surface area contributed by atoms with Gasteiger partial charge in [0.05, 0.1) is 23.1 Å². The zero-order chi connectivity index (χ0) is 22.9. The molecule has 0 aliphatic carbocycles. The number of hydrogen-bond donors (Lipinski definition) is 5. The van der Waals surface area contributed by atoms with E-state index in [0.29, 0.717) is 23.7 Å². The minimum absolute atomic E-state index is 0.238. The van der Waals surface area contributed by atoms with Crippen molar-refractivity contribution in [2.24, 2.45) is 0 Å². The highest BCUT2D eigenvalue weighted by Crippen LogP contribution is 2.24. The molecule has 5 N–H and O–H groups in total.